The summed E-state index contributed by atoms with van der Waals surface area (Å²) in [6.07, 6.45) is 3.38. The van der Waals surface area contributed by atoms with Crippen molar-refractivity contribution in [3.05, 3.63) is 45.5 Å². The van der Waals surface area contributed by atoms with E-state index in [1.807, 2.05) is 6.07 Å². The van der Waals surface area contributed by atoms with Crippen LogP contribution in [0.2, 0.25) is 0 Å². The summed E-state index contributed by atoms with van der Waals surface area (Å²) < 4.78 is 27.2. The minimum atomic E-state index is -3.51. The molecule has 1 N–H and O–H groups in total. The molecule has 0 fully saturated rings. The minimum absolute atomic E-state index is 0.0752. The Morgan fingerprint density at radius 3 is 2.65 bits per heavy atom. The molecule has 0 atom stereocenters. The third-order valence-corrected chi connectivity index (χ3v) is 4.49. The maximum atomic E-state index is 12.0. The molecule has 2 aromatic heterocycles. The van der Waals surface area contributed by atoms with Crippen LogP contribution in [0.4, 0.5) is 5.82 Å². The fourth-order valence-corrected chi connectivity index (χ4v) is 3.46. The van der Waals surface area contributed by atoms with Crippen molar-refractivity contribution in [3.63, 3.8) is 0 Å². The molecule has 0 unspecified atom stereocenters. The van der Waals surface area contributed by atoms with Crippen LogP contribution in [0.1, 0.15) is 5.69 Å². The van der Waals surface area contributed by atoms with Gasteiger partial charge in [0.2, 0.25) is 10.0 Å². The molecule has 2 rings (SSSR count). The first-order chi connectivity index (χ1) is 9.46. The normalized spacial score (nSPS) is 11.3. The zero-order valence-corrected chi connectivity index (χ0v) is 14.1. The van der Waals surface area contributed by atoms with Gasteiger partial charge in [-0.1, -0.05) is 6.07 Å². The summed E-state index contributed by atoms with van der Waals surface area (Å²) >= 11 is 6.30. The molecule has 0 saturated carbocycles. The van der Waals surface area contributed by atoms with Crippen molar-refractivity contribution in [2.24, 2.45) is 0 Å². The van der Waals surface area contributed by atoms with Gasteiger partial charge in [-0.05, 0) is 44.0 Å². The van der Waals surface area contributed by atoms with Gasteiger partial charge >= 0.3 is 0 Å². The lowest BCUT2D eigenvalue weighted by atomic mass is 10.3. The Morgan fingerprint density at radius 2 is 2.00 bits per heavy atom. The standard InChI is InChI=1S/C11H10Br2N4O2S/c12-9-7-15-11(10(13)16-9)17-20(18,19)6-4-8-3-1-2-5-14-8/h1-3,5,7H,4,6H2,(H,15,17). The number of aryl methyl sites for hydroxylation is 1. The summed E-state index contributed by atoms with van der Waals surface area (Å²) in [4.78, 5) is 12.0. The molecule has 6 nitrogen and oxygen atoms in total. The fraction of sp³-hybridized carbons (Fsp3) is 0.182. The number of aromatic nitrogens is 3. The first kappa shape index (κ1) is 15.3. The number of nitrogens with one attached hydrogen (secondary N) is 1. The van der Waals surface area contributed by atoms with Crippen molar-refractivity contribution in [1.29, 1.82) is 0 Å². The van der Waals surface area contributed by atoms with Gasteiger partial charge in [0.1, 0.15) is 4.60 Å². The molecule has 0 aromatic carbocycles. The highest BCUT2D eigenvalue weighted by Gasteiger charge is 2.14. The van der Waals surface area contributed by atoms with Gasteiger partial charge in [-0.3, -0.25) is 9.71 Å². The summed E-state index contributed by atoms with van der Waals surface area (Å²) in [5.74, 6) is 0.0861. The second-order valence-corrected chi connectivity index (χ2v) is 7.23. The van der Waals surface area contributed by atoms with Crippen LogP contribution < -0.4 is 4.72 Å². The molecular formula is C11H10Br2N4O2S. The Balaban J connectivity index is 2.04. The van der Waals surface area contributed by atoms with Crippen LogP contribution in [0, 0.1) is 0 Å². The molecule has 0 amide bonds. The Hall–Kier alpha value is -1.06. The molecule has 0 aliphatic heterocycles. The largest absolute Gasteiger partial charge is 0.265 e. The number of hydrogen-bond acceptors (Lipinski definition) is 5. The van der Waals surface area contributed by atoms with E-state index in [4.69, 9.17) is 0 Å². The van der Waals surface area contributed by atoms with Gasteiger partial charge in [0.25, 0.3) is 0 Å². The van der Waals surface area contributed by atoms with Gasteiger partial charge in [-0.2, -0.15) is 0 Å². The Labute approximate surface area is 133 Å². The SMILES string of the molecule is O=S(=O)(CCc1ccccn1)Nc1ncc(Br)nc1Br. The third-order valence-electron chi connectivity index (χ3n) is 2.31. The highest BCUT2D eigenvalue weighted by atomic mass is 79.9. The van der Waals surface area contributed by atoms with Crippen LogP contribution >= 0.6 is 31.9 Å². The summed E-state index contributed by atoms with van der Waals surface area (Å²) in [6, 6.07) is 5.38. The Bertz CT molecular complexity index is 695. The lowest BCUT2D eigenvalue weighted by molar-refractivity contribution is 0.600. The van der Waals surface area contributed by atoms with Crippen LogP contribution in [-0.2, 0) is 16.4 Å². The lowest BCUT2D eigenvalue weighted by Gasteiger charge is -2.08. The van der Waals surface area contributed by atoms with E-state index in [2.05, 4.69) is 51.5 Å². The summed E-state index contributed by atoms with van der Waals surface area (Å²) in [5.41, 5.74) is 0.721. The molecule has 0 aliphatic rings. The second-order valence-electron chi connectivity index (χ2n) is 3.82. The lowest BCUT2D eigenvalue weighted by Crippen LogP contribution is -2.19. The molecule has 0 bridgehead atoms. The van der Waals surface area contributed by atoms with Gasteiger partial charge in [0.05, 0.1) is 11.9 Å². The van der Waals surface area contributed by atoms with E-state index in [0.29, 0.717) is 15.6 Å². The van der Waals surface area contributed by atoms with Gasteiger partial charge in [0, 0.05) is 18.3 Å². The summed E-state index contributed by atoms with van der Waals surface area (Å²) in [7, 11) is -3.51. The van der Waals surface area contributed by atoms with Gasteiger partial charge in [-0.15, -0.1) is 0 Å². The first-order valence-electron chi connectivity index (χ1n) is 5.55. The maximum absolute atomic E-state index is 12.0. The molecule has 9 heteroatoms. The average Bonchev–Trinajstić information content (AvgIpc) is 2.41. The van der Waals surface area contributed by atoms with Gasteiger partial charge < -0.3 is 0 Å². The van der Waals surface area contributed by atoms with Crippen LogP contribution in [0.5, 0.6) is 0 Å². The number of sulfonamides is 1. The second kappa shape index (κ2) is 6.59. The quantitative estimate of drug-likeness (QED) is 0.800. The van der Waals surface area contributed by atoms with Crippen LogP contribution in [-0.4, -0.2) is 29.1 Å². The number of halogens is 2. The Kier molecular flexibility index (Phi) is 5.06. The Morgan fingerprint density at radius 1 is 1.20 bits per heavy atom. The van der Waals surface area contributed by atoms with Crippen molar-refractivity contribution in [1.82, 2.24) is 15.0 Å². The zero-order valence-electron chi connectivity index (χ0n) is 10.1. The van der Waals surface area contributed by atoms with Crippen molar-refractivity contribution < 1.29 is 8.42 Å². The average molecular weight is 422 g/mol. The molecule has 2 aromatic rings. The zero-order chi connectivity index (χ0) is 14.6. The van der Waals surface area contributed by atoms with E-state index in [1.54, 1.807) is 18.3 Å². The number of nitrogens with zero attached hydrogens (tertiary/aromatic N) is 3. The predicted molar refractivity (Wildman–Crippen MR) is 82.8 cm³/mol. The molecule has 20 heavy (non-hydrogen) atoms. The molecular weight excluding hydrogens is 412 g/mol. The highest BCUT2D eigenvalue weighted by molar-refractivity contribution is 9.11. The van der Waals surface area contributed by atoms with Crippen molar-refractivity contribution in [2.75, 3.05) is 10.5 Å². The smallest absolute Gasteiger partial charge is 0.234 e. The molecule has 0 radical (unpaired) electrons. The van der Waals surface area contributed by atoms with E-state index in [0.717, 1.165) is 5.69 Å². The minimum Gasteiger partial charge on any atom is -0.265 e. The predicted octanol–water partition coefficient (Wildman–Crippen LogP) is 2.38. The monoisotopic (exact) mass is 420 g/mol. The molecule has 106 valence electrons. The maximum Gasteiger partial charge on any atom is 0.234 e. The van der Waals surface area contributed by atoms with E-state index in [-0.39, 0.29) is 11.6 Å². The highest BCUT2D eigenvalue weighted by Crippen LogP contribution is 2.20. The van der Waals surface area contributed by atoms with Gasteiger partial charge in [-0.25, -0.2) is 18.4 Å². The van der Waals surface area contributed by atoms with E-state index in [1.165, 1.54) is 6.20 Å². The van der Waals surface area contributed by atoms with Crippen molar-refractivity contribution >= 4 is 47.7 Å². The first-order valence-corrected chi connectivity index (χ1v) is 8.78. The van der Waals surface area contributed by atoms with Crippen molar-refractivity contribution in [2.45, 2.75) is 6.42 Å². The van der Waals surface area contributed by atoms with Crippen LogP contribution in [0.25, 0.3) is 0 Å². The van der Waals surface area contributed by atoms with Crippen molar-refractivity contribution in [3.8, 4) is 0 Å². The summed E-state index contributed by atoms with van der Waals surface area (Å²) in [6.45, 7) is 0. The molecule has 0 aliphatic carbocycles. The summed E-state index contributed by atoms with van der Waals surface area (Å²) in [5, 5.41) is 0. The number of hydrogen-bond donors (Lipinski definition) is 1. The van der Waals surface area contributed by atoms with E-state index >= 15 is 0 Å². The van der Waals surface area contributed by atoms with Crippen LogP contribution in [0.3, 0.4) is 0 Å². The fourth-order valence-electron chi connectivity index (χ4n) is 1.40. The van der Waals surface area contributed by atoms with E-state index in [9.17, 15) is 8.42 Å². The topological polar surface area (TPSA) is 84.8 Å². The number of anilines is 1. The number of rotatable bonds is 5. The molecule has 0 spiro atoms. The van der Waals surface area contributed by atoms with Gasteiger partial charge in [0.15, 0.2) is 10.4 Å². The van der Waals surface area contributed by atoms with Crippen LogP contribution in [0.15, 0.2) is 39.8 Å². The molecule has 0 saturated heterocycles. The third kappa shape index (κ3) is 4.50. The van der Waals surface area contributed by atoms with E-state index < -0.39 is 10.0 Å². The molecule has 2 heterocycles. The number of pyridine rings is 1.